The van der Waals surface area contributed by atoms with Gasteiger partial charge in [-0.2, -0.15) is 0 Å². The molecule has 0 spiro atoms. The minimum Gasteiger partial charge on any atom is -0.310 e. The van der Waals surface area contributed by atoms with E-state index in [9.17, 15) is 0 Å². The Morgan fingerprint density at radius 2 is 2.18 bits per heavy atom. The molecule has 0 radical (unpaired) electrons. The Kier molecular flexibility index (Phi) is 4.99. The third-order valence-corrected chi connectivity index (χ3v) is 3.91. The molecule has 0 amide bonds. The monoisotopic (exact) mass is 232 g/mol. The molecule has 1 aliphatic carbocycles. The summed E-state index contributed by atoms with van der Waals surface area (Å²) in [6.45, 7) is 3.36. The molecule has 1 aromatic heterocycles. The fraction of sp³-hybridized carbons (Fsp3) is 0.667. The first-order chi connectivity index (χ1) is 8.36. The Hall–Kier alpha value is -0.890. The summed E-state index contributed by atoms with van der Waals surface area (Å²) in [7, 11) is 0. The van der Waals surface area contributed by atoms with Crippen LogP contribution in [-0.4, -0.2) is 11.5 Å². The first-order valence-electron chi connectivity index (χ1n) is 6.99. The van der Waals surface area contributed by atoms with E-state index in [2.05, 4.69) is 23.3 Å². The number of nitrogens with one attached hydrogen (secondary N) is 1. The quantitative estimate of drug-likeness (QED) is 0.837. The van der Waals surface area contributed by atoms with Gasteiger partial charge < -0.3 is 5.32 Å². The zero-order valence-electron chi connectivity index (χ0n) is 10.9. The van der Waals surface area contributed by atoms with Crippen LogP contribution in [0.2, 0.25) is 0 Å². The molecule has 94 valence electrons. The summed E-state index contributed by atoms with van der Waals surface area (Å²) < 4.78 is 0. The molecule has 0 aliphatic heterocycles. The van der Waals surface area contributed by atoms with Gasteiger partial charge in [-0.25, -0.2) is 0 Å². The van der Waals surface area contributed by atoms with Crippen LogP contribution >= 0.6 is 0 Å². The molecule has 0 saturated heterocycles. The predicted octanol–water partition coefficient (Wildman–Crippen LogP) is 3.70. The zero-order chi connectivity index (χ0) is 11.9. The lowest BCUT2D eigenvalue weighted by Gasteiger charge is -2.22. The standard InChI is InChI=1S/C15H24N2/c1-13(15-8-5-10-16-12-15)17-11-9-14-6-3-2-4-7-14/h5,8,10,12-14,17H,2-4,6-7,9,11H2,1H3/t13-/m1/s1. The molecule has 2 nitrogen and oxygen atoms in total. The van der Waals surface area contributed by atoms with Crippen LogP contribution in [0, 0.1) is 5.92 Å². The van der Waals surface area contributed by atoms with Crippen molar-refractivity contribution >= 4 is 0 Å². The van der Waals surface area contributed by atoms with Gasteiger partial charge in [-0.1, -0.05) is 38.2 Å². The maximum absolute atomic E-state index is 4.16. The smallest absolute Gasteiger partial charge is 0.0315 e. The third kappa shape index (κ3) is 4.12. The Bertz CT molecular complexity index is 304. The SMILES string of the molecule is C[C@@H](NCCC1CCCCC1)c1cccnc1. The van der Waals surface area contributed by atoms with Crippen molar-refractivity contribution < 1.29 is 0 Å². The molecule has 1 aromatic rings. The molecule has 0 aromatic carbocycles. The molecular weight excluding hydrogens is 208 g/mol. The predicted molar refractivity (Wildman–Crippen MR) is 71.8 cm³/mol. The normalized spacial score (nSPS) is 19.1. The Morgan fingerprint density at radius 3 is 2.88 bits per heavy atom. The molecular formula is C15H24N2. The van der Waals surface area contributed by atoms with Gasteiger partial charge in [0.1, 0.15) is 0 Å². The van der Waals surface area contributed by atoms with E-state index >= 15 is 0 Å². The molecule has 0 unspecified atom stereocenters. The van der Waals surface area contributed by atoms with E-state index in [1.54, 1.807) is 0 Å². The average Bonchev–Trinajstić information content (AvgIpc) is 2.41. The van der Waals surface area contributed by atoms with Crippen LogP contribution in [0.1, 0.15) is 57.1 Å². The maximum atomic E-state index is 4.16. The van der Waals surface area contributed by atoms with Crippen LogP contribution < -0.4 is 5.32 Å². The minimum atomic E-state index is 0.423. The van der Waals surface area contributed by atoms with Crippen molar-refractivity contribution in [1.29, 1.82) is 0 Å². The molecule has 17 heavy (non-hydrogen) atoms. The first-order valence-corrected chi connectivity index (χ1v) is 6.99. The number of pyridine rings is 1. The van der Waals surface area contributed by atoms with Gasteiger partial charge in [0.2, 0.25) is 0 Å². The van der Waals surface area contributed by atoms with Crippen molar-refractivity contribution in [3.05, 3.63) is 30.1 Å². The zero-order valence-corrected chi connectivity index (χ0v) is 10.9. The highest BCUT2D eigenvalue weighted by molar-refractivity contribution is 5.12. The number of rotatable bonds is 5. The lowest BCUT2D eigenvalue weighted by Crippen LogP contribution is -2.22. The third-order valence-electron chi connectivity index (χ3n) is 3.91. The van der Waals surface area contributed by atoms with Gasteiger partial charge in [0.05, 0.1) is 0 Å². The van der Waals surface area contributed by atoms with E-state index in [1.165, 1.54) is 44.1 Å². The number of hydrogen-bond donors (Lipinski definition) is 1. The molecule has 1 atom stereocenters. The maximum Gasteiger partial charge on any atom is 0.0315 e. The topological polar surface area (TPSA) is 24.9 Å². The van der Waals surface area contributed by atoms with Gasteiger partial charge >= 0.3 is 0 Å². The van der Waals surface area contributed by atoms with E-state index in [4.69, 9.17) is 0 Å². The molecule has 1 aliphatic rings. The van der Waals surface area contributed by atoms with Crippen LogP contribution in [0.15, 0.2) is 24.5 Å². The van der Waals surface area contributed by atoms with Gasteiger partial charge in [-0.15, -0.1) is 0 Å². The second-order valence-corrected chi connectivity index (χ2v) is 5.25. The molecule has 1 saturated carbocycles. The van der Waals surface area contributed by atoms with Crippen LogP contribution in [0.5, 0.6) is 0 Å². The van der Waals surface area contributed by atoms with E-state index in [-0.39, 0.29) is 0 Å². The highest BCUT2D eigenvalue weighted by atomic mass is 14.9. The van der Waals surface area contributed by atoms with E-state index < -0.39 is 0 Å². The highest BCUT2D eigenvalue weighted by Gasteiger charge is 2.13. The second kappa shape index (κ2) is 6.75. The fourth-order valence-corrected chi connectivity index (χ4v) is 2.73. The summed E-state index contributed by atoms with van der Waals surface area (Å²) in [5, 5.41) is 3.61. The van der Waals surface area contributed by atoms with Crippen molar-refractivity contribution in [3.8, 4) is 0 Å². The van der Waals surface area contributed by atoms with Crippen LogP contribution in [0.4, 0.5) is 0 Å². The second-order valence-electron chi connectivity index (χ2n) is 5.25. The summed E-state index contributed by atoms with van der Waals surface area (Å²) in [4.78, 5) is 4.16. The van der Waals surface area contributed by atoms with Crippen molar-refractivity contribution in [2.75, 3.05) is 6.54 Å². The fourth-order valence-electron chi connectivity index (χ4n) is 2.73. The molecule has 1 heterocycles. The summed E-state index contributed by atoms with van der Waals surface area (Å²) in [6.07, 6.45) is 12.4. The summed E-state index contributed by atoms with van der Waals surface area (Å²) in [5.41, 5.74) is 1.29. The lowest BCUT2D eigenvalue weighted by atomic mass is 9.87. The first kappa shape index (κ1) is 12.6. The van der Waals surface area contributed by atoms with Crippen molar-refractivity contribution in [1.82, 2.24) is 10.3 Å². The summed E-state index contributed by atoms with van der Waals surface area (Å²) in [5.74, 6) is 0.970. The molecule has 1 fully saturated rings. The largest absolute Gasteiger partial charge is 0.310 e. The number of hydrogen-bond acceptors (Lipinski definition) is 2. The van der Waals surface area contributed by atoms with Gasteiger partial charge in [0.15, 0.2) is 0 Å². The van der Waals surface area contributed by atoms with Gasteiger partial charge in [0, 0.05) is 18.4 Å². The van der Waals surface area contributed by atoms with Crippen molar-refractivity contribution in [2.24, 2.45) is 5.92 Å². The van der Waals surface area contributed by atoms with E-state index in [1.807, 2.05) is 18.5 Å². The van der Waals surface area contributed by atoms with E-state index in [0.717, 1.165) is 12.5 Å². The Morgan fingerprint density at radius 1 is 1.35 bits per heavy atom. The highest BCUT2D eigenvalue weighted by Crippen LogP contribution is 2.26. The van der Waals surface area contributed by atoms with Crippen LogP contribution in [0.3, 0.4) is 0 Å². The summed E-state index contributed by atoms with van der Waals surface area (Å²) in [6, 6.07) is 4.58. The lowest BCUT2D eigenvalue weighted by molar-refractivity contribution is 0.329. The van der Waals surface area contributed by atoms with Crippen LogP contribution in [-0.2, 0) is 0 Å². The van der Waals surface area contributed by atoms with Gasteiger partial charge in [0.25, 0.3) is 0 Å². The summed E-state index contributed by atoms with van der Waals surface area (Å²) >= 11 is 0. The van der Waals surface area contributed by atoms with Gasteiger partial charge in [-0.3, -0.25) is 4.98 Å². The van der Waals surface area contributed by atoms with Gasteiger partial charge in [-0.05, 0) is 37.4 Å². The molecule has 2 rings (SSSR count). The minimum absolute atomic E-state index is 0.423. The van der Waals surface area contributed by atoms with Crippen molar-refractivity contribution in [3.63, 3.8) is 0 Å². The Labute approximate surface area is 105 Å². The molecule has 0 bridgehead atoms. The average molecular weight is 232 g/mol. The van der Waals surface area contributed by atoms with Crippen LogP contribution in [0.25, 0.3) is 0 Å². The van der Waals surface area contributed by atoms with Crippen molar-refractivity contribution in [2.45, 2.75) is 51.5 Å². The van der Waals surface area contributed by atoms with E-state index in [0.29, 0.717) is 6.04 Å². The molecule has 1 N–H and O–H groups in total. The molecule has 2 heteroatoms. The Balaban J connectivity index is 1.67. The number of nitrogens with zero attached hydrogens (tertiary/aromatic N) is 1. The number of aromatic nitrogens is 1.